The van der Waals surface area contributed by atoms with E-state index in [-0.39, 0.29) is 12.1 Å². The zero-order valence-corrected chi connectivity index (χ0v) is 18.8. The van der Waals surface area contributed by atoms with E-state index in [0.717, 1.165) is 45.7 Å². The molecular formula is C28H35N3O. The van der Waals surface area contributed by atoms with Crippen LogP contribution in [0.1, 0.15) is 22.7 Å². The molecule has 1 unspecified atom stereocenters. The van der Waals surface area contributed by atoms with Gasteiger partial charge in [-0.1, -0.05) is 91.0 Å². The van der Waals surface area contributed by atoms with Crippen molar-refractivity contribution in [3.63, 3.8) is 0 Å². The second-order valence-corrected chi connectivity index (χ2v) is 8.65. The van der Waals surface area contributed by atoms with Gasteiger partial charge in [0.1, 0.15) is 0 Å². The number of aliphatic hydroxyl groups excluding tert-OH is 1. The van der Waals surface area contributed by atoms with Crippen LogP contribution in [0, 0.1) is 0 Å². The molecule has 1 heterocycles. The highest BCUT2D eigenvalue weighted by molar-refractivity contribution is 5.32. The minimum atomic E-state index is -0.337. The van der Waals surface area contributed by atoms with E-state index in [4.69, 9.17) is 0 Å². The van der Waals surface area contributed by atoms with Crippen molar-refractivity contribution in [1.29, 1.82) is 0 Å². The van der Waals surface area contributed by atoms with Crippen LogP contribution in [0.3, 0.4) is 0 Å². The lowest BCUT2D eigenvalue weighted by Gasteiger charge is -2.40. The average Bonchev–Trinajstić information content (AvgIpc) is 2.85. The van der Waals surface area contributed by atoms with Crippen LogP contribution in [0.5, 0.6) is 0 Å². The molecule has 0 spiro atoms. The number of piperazine rings is 1. The van der Waals surface area contributed by atoms with Crippen molar-refractivity contribution < 1.29 is 5.11 Å². The molecular weight excluding hydrogens is 394 g/mol. The van der Waals surface area contributed by atoms with Crippen LogP contribution >= 0.6 is 0 Å². The first-order chi connectivity index (χ1) is 15.8. The number of hydrogen-bond donors (Lipinski definition) is 2. The molecule has 0 amide bonds. The van der Waals surface area contributed by atoms with Crippen LogP contribution in [-0.2, 0) is 6.42 Å². The van der Waals surface area contributed by atoms with E-state index in [1.165, 1.54) is 16.7 Å². The van der Waals surface area contributed by atoms with Gasteiger partial charge in [0, 0.05) is 39.3 Å². The molecule has 0 bridgehead atoms. The van der Waals surface area contributed by atoms with Crippen molar-refractivity contribution in [3.05, 3.63) is 108 Å². The lowest BCUT2D eigenvalue weighted by Crippen LogP contribution is -2.50. The van der Waals surface area contributed by atoms with Gasteiger partial charge in [0.15, 0.2) is 0 Å². The van der Waals surface area contributed by atoms with Crippen molar-refractivity contribution in [3.8, 4) is 0 Å². The zero-order valence-electron chi connectivity index (χ0n) is 18.8. The zero-order chi connectivity index (χ0) is 22.0. The van der Waals surface area contributed by atoms with Crippen molar-refractivity contribution in [1.82, 2.24) is 15.1 Å². The van der Waals surface area contributed by atoms with Gasteiger partial charge in [-0.15, -0.1) is 0 Å². The smallest absolute Gasteiger partial charge is 0.0791 e. The number of β-amino-alcohol motifs (C(OH)–C–C–N with tert-alkyl or cyclic N) is 1. The van der Waals surface area contributed by atoms with Gasteiger partial charge in [-0.2, -0.15) is 0 Å². The lowest BCUT2D eigenvalue weighted by molar-refractivity contribution is 0.0626. The fraction of sp³-hybridized carbons (Fsp3) is 0.357. The van der Waals surface area contributed by atoms with E-state index in [2.05, 4.69) is 100 Å². The molecule has 32 heavy (non-hydrogen) atoms. The molecule has 0 saturated carbocycles. The molecule has 0 aromatic heterocycles. The quantitative estimate of drug-likeness (QED) is 0.483. The third-order valence-corrected chi connectivity index (χ3v) is 6.28. The van der Waals surface area contributed by atoms with Crippen molar-refractivity contribution in [2.24, 2.45) is 0 Å². The first-order valence-corrected chi connectivity index (χ1v) is 11.8. The van der Waals surface area contributed by atoms with Crippen LogP contribution < -0.4 is 5.32 Å². The molecule has 1 saturated heterocycles. The molecule has 1 fully saturated rings. The maximum atomic E-state index is 10.5. The SMILES string of the molecule is OC(CNCCc1ccccc1)CN1CCN(C(c2ccccc2)c2ccccc2)CC1. The molecule has 1 aliphatic heterocycles. The summed E-state index contributed by atoms with van der Waals surface area (Å²) in [6, 6.07) is 32.4. The largest absolute Gasteiger partial charge is 0.390 e. The van der Waals surface area contributed by atoms with E-state index in [1.54, 1.807) is 0 Å². The van der Waals surface area contributed by atoms with Crippen LogP contribution in [0.4, 0.5) is 0 Å². The van der Waals surface area contributed by atoms with Gasteiger partial charge in [-0.25, -0.2) is 0 Å². The molecule has 3 aromatic carbocycles. The Bertz CT molecular complexity index is 856. The number of nitrogens with zero attached hydrogens (tertiary/aromatic N) is 2. The van der Waals surface area contributed by atoms with Crippen LogP contribution in [0.2, 0.25) is 0 Å². The molecule has 4 nitrogen and oxygen atoms in total. The first kappa shape index (κ1) is 22.7. The molecule has 2 N–H and O–H groups in total. The Morgan fingerprint density at radius 1 is 0.719 bits per heavy atom. The standard InChI is InChI=1S/C28H35N3O/c32-27(22-29-17-16-24-10-4-1-5-11-24)23-30-18-20-31(21-19-30)28(25-12-6-2-7-13-25)26-14-8-3-9-15-26/h1-15,27-29,32H,16-23H2. The van der Waals surface area contributed by atoms with Gasteiger partial charge in [0.25, 0.3) is 0 Å². The number of hydrogen-bond acceptors (Lipinski definition) is 4. The normalized spacial score (nSPS) is 16.3. The second kappa shape index (κ2) is 11.9. The van der Waals surface area contributed by atoms with Crippen LogP contribution in [-0.4, -0.2) is 66.8 Å². The molecule has 1 atom stereocenters. The van der Waals surface area contributed by atoms with E-state index in [9.17, 15) is 5.11 Å². The van der Waals surface area contributed by atoms with Crippen molar-refractivity contribution in [2.75, 3.05) is 45.8 Å². The Balaban J connectivity index is 1.24. The minimum Gasteiger partial charge on any atom is -0.390 e. The Hall–Kier alpha value is -2.50. The van der Waals surface area contributed by atoms with Gasteiger partial charge < -0.3 is 10.4 Å². The topological polar surface area (TPSA) is 38.7 Å². The highest BCUT2D eigenvalue weighted by atomic mass is 16.3. The van der Waals surface area contributed by atoms with E-state index in [0.29, 0.717) is 6.54 Å². The highest BCUT2D eigenvalue weighted by Crippen LogP contribution is 2.29. The van der Waals surface area contributed by atoms with Gasteiger partial charge in [-0.3, -0.25) is 9.80 Å². The Morgan fingerprint density at radius 3 is 1.81 bits per heavy atom. The van der Waals surface area contributed by atoms with Crippen molar-refractivity contribution >= 4 is 0 Å². The monoisotopic (exact) mass is 429 g/mol. The molecule has 4 rings (SSSR count). The average molecular weight is 430 g/mol. The summed E-state index contributed by atoms with van der Waals surface area (Å²) in [7, 11) is 0. The van der Waals surface area contributed by atoms with Gasteiger partial charge >= 0.3 is 0 Å². The summed E-state index contributed by atoms with van der Waals surface area (Å²) in [6.45, 7) is 6.24. The summed E-state index contributed by atoms with van der Waals surface area (Å²) >= 11 is 0. The number of aliphatic hydroxyl groups is 1. The predicted molar refractivity (Wildman–Crippen MR) is 132 cm³/mol. The van der Waals surface area contributed by atoms with Gasteiger partial charge in [0.2, 0.25) is 0 Å². The molecule has 1 aliphatic rings. The molecule has 3 aromatic rings. The Kier molecular flexibility index (Phi) is 8.46. The van der Waals surface area contributed by atoms with E-state index in [1.807, 2.05) is 6.07 Å². The van der Waals surface area contributed by atoms with Gasteiger partial charge in [0.05, 0.1) is 12.1 Å². The molecule has 4 heteroatoms. The number of nitrogens with one attached hydrogen (secondary N) is 1. The highest BCUT2D eigenvalue weighted by Gasteiger charge is 2.26. The maximum Gasteiger partial charge on any atom is 0.0791 e. The molecule has 0 radical (unpaired) electrons. The number of rotatable bonds is 10. The van der Waals surface area contributed by atoms with Crippen LogP contribution in [0.25, 0.3) is 0 Å². The van der Waals surface area contributed by atoms with Gasteiger partial charge in [-0.05, 0) is 29.7 Å². The maximum absolute atomic E-state index is 10.5. The fourth-order valence-corrected chi connectivity index (χ4v) is 4.60. The predicted octanol–water partition coefficient (Wildman–Crippen LogP) is 3.59. The van der Waals surface area contributed by atoms with Crippen molar-refractivity contribution in [2.45, 2.75) is 18.6 Å². The summed E-state index contributed by atoms with van der Waals surface area (Å²) < 4.78 is 0. The molecule has 168 valence electrons. The lowest BCUT2D eigenvalue weighted by atomic mass is 9.96. The van der Waals surface area contributed by atoms with E-state index < -0.39 is 0 Å². The first-order valence-electron chi connectivity index (χ1n) is 11.8. The summed E-state index contributed by atoms with van der Waals surface area (Å²) in [4.78, 5) is 4.97. The number of benzene rings is 3. The summed E-state index contributed by atoms with van der Waals surface area (Å²) in [6.07, 6.45) is 0.656. The molecule has 0 aliphatic carbocycles. The minimum absolute atomic E-state index is 0.282. The van der Waals surface area contributed by atoms with Crippen LogP contribution in [0.15, 0.2) is 91.0 Å². The summed E-state index contributed by atoms with van der Waals surface area (Å²) in [5, 5.41) is 13.9. The third-order valence-electron chi connectivity index (χ3n) is 6.28. The summed E-state index contributed by atoms with van der Waals surface area (Å²) in [5.74, 6) is 0. The second-order valence-electron chi connectivity index (χ2n) is 8.65. The summed E-state index contributed by atoms with van der Waals surface area (Å²) in [5.41, 5.74) is 4.02. The Labute approximate surface area is 192 Å². The Morgan fingerprint density at radius 2 is 1.25 bits per heavy atom. The van der Waals surface area contributed by atoms with E-state index >= 15 is 0 Å². The third kappa shape index (κ3) is 6.50. The fourth-order valence-electron chi connectivity index (χ4n) is 4.60.